The number of morpholine rings is 1. The third-order valence-corrected chi connectivity index (χ3v) is 6.18. The van der Waals surface area contributed by atoms with Crippen molar-refractivity contribution in [1.82, 2.24) is 14.5 Å². The molecule has 0 N–H and O–H groups in total. The number of imidazole rings is 1. The lowest BCUT2D eigenvalue weighted by molar-refractivity contribution is 0.0410. The zero-order chi connectivity index (χ0) is 16.2. The molecule has 0 radical (unpaired) electrons. The van der Waals surface area contributed by atoms with Crippen LogP contribution in [0.4, 0.5) is 0 Å². The molecule has 0 amide bonds. The second-order valence-corrected chi connectivity index (χ2v) is 7.91. The molecule has 5 heteroatoms. The van der Waals surface area contributed by atoms with Crippen molar-refractivity contribution in [3.05, 3.63) is 24.3 Å². The molecule has 1 aliphatic carbocycles. The highest BCUT2D eigenvalue weighted by molar-refractivity contribution is 7.99. The normalized spacial score (nSPS) is 20.7. The third-order valence-electron chi connectivity index (χ3n) is 5.25. The Balaban J connectivity index is 1.50. The number of thioether (sulfide) groups is 1. The minimum Gasteiger partial charge on any atom is -0.379 e. The predicted octanol–water partition coefficient (Wildman–Crippen LogP) is 3.97. The van der Waals surface area contributed by atoms with Crippen LogP contribution >= 0.6 is 11.8 Å². The molecule has 24 heavy (non-hydrogen) atoms. The van der Waals surface area contributed by atoms with E-state index in [1.165, 1.54) is 42.8 Å². The van der Waals surface area contributed by atoms with E-state index in [2.05, 4.69) is 33.7 Å². The van der Waals surface area contributed by atoms with Crippen LogP contribution in [0.15, 0.2) is 29.4 Å². The first-order chi connectivity index (χ1) is 11.9. The van der Waals surface area contributed by atoms with Gasteiger partial charge in [-0.15, -0.1) is 0 Å². The van der Waals surface area contributed by atoms with E-state index >= 15 is 0 Å². The summed E-state index contributed by atoms with van der Waals surface area (Å²) in [5, 5.41) is 1.22. The van der Waals surface area contributed by atoms with E-state index in [0.717, 1.165) is 44.1 Å². The molecule has 0 unspecified atom stereocenters. The number of fused-ring (bicyclic) bond motifs is 1. The number of ether oxygens (including phenoxy) is 1. The summed E-state index contributed by atoms with van der Waals surface area (Å²) in [6, 6.07) is 9.27. The molecule has 0 bridgehead atoms. The van der Waals surface area contributed by atoms with Crippen molar-refractivity contribution in [1.29, 1.82) is 0 Å². The highest BCUT2D eigenvalue weighted by atomic mass is 32.2. The molecule has 1 saturated heterocycles. The maximum Gasteiger partial charge on any atom is 0.169 e. The van der Waals surface area contributed by atoms with Gasteiger partial charge in [-0.2, -0.15) is 0 Å². The van der Waals surface area contributed by atoms with Crippen LogP contribution in [0.5, 0.6) is 0 Å². The van der Waals surface area contributed by atoms with Gasteiger partial charge < -0.3 is 9.30 Å². The number of benzene rings is 1. The average molecular weight is 346 g/mol. The van der Waals surface area contributed by atoms with Gasteiger partial charge in [-0.1, -0.05) is 43.2 Å². The zero-order valence-corrected chi connectivity index (χ0v) is 15.1. The fourth-order valence-electron chi connectivity index (χ4n) is 3.91. The fraction of sp³-hybridized carbons (Fsp3) is 0.632. The van der Waals surface area contributed by atoms with Gasteiger partial charge in [-0.05, 0) is 25.0 Å². The fourth-order valence-corrected chi connectivity index (χ4v) is 4.99. The summed E-state index contributed by atoms with van der Waals surface area (Å²) in [7, 11) is 0. The molecule has 2 fully saturated rings. The molecule has 0 atom stereocenters. The third kappa shape index (κ3) is 3.63. The van der Waals surface area contributed by atoms with Crippen LogP contribution < -0.4 is 0 Å². The smallest absolute Gasteiger partial charge is 0.169 e. The van der Waals surface area contributed by atoms with E-state index in [0.29, 0.717) is 6.04 Å². The second-order valence-electron chi connectivity index (χ2n) is 6.85. The topological polar surface area (TPSA) is 30.3 Å². The molecule has 1 aromatic carbocycles. The van der Waals surface area contributed by atoms with Gasteiger partial charge in [0.1, 0.15) is 0 Å². The van der Waals surface area contributed by atoms with Crippen molar-refractivity contribution < 1.29 is 4.74 Å². The van der Waals surface area contributed by atoms with Crippen LogP contribution in [0.3, 0.4) is 0 Å². The lowest BCUT2D eigenvalue weighted by Gasteiger charge is -2.27. The van der Waals surface area contributed by atoms with Gasteiger partial charge in [0.25, 0.3) is 0 Å². The number of rotatable bonds is 5. The Morgan fingerprint density at radius 1 is 1.08 bits per heavy atom. The maximum absolute atomic E-state index is 5.44. The first-order valence-corrected chi connectivity index (χ1v) is 10.3. The van der Waals surface area contributed by atoms with Gasteiger partial charge in [0, 0.05) is 31.4 Å². The van der Waals surface area contributed by atoms with Gasteiger partial charge in [0.15, 0.2) is 5.16 Å². The first-order valence-electron chi connectivity index (χ1n) is 9.32. The van der Waals surface area contributed by atoms with Gasteiger partial charge in [0.05, 0.1) is 24.2 Å². The lowest BCUT2D eigenvalue weighted by atomic mass is 9.95. The molecule has 2 aliphatic rings. The number of aromatic nitrogens is 2. The van der Waals surface area contributed by atoms with E-state index in [9.17, 15) is 0 Å². The van der Waals surface area contributed by atoms with Crippen LogP contribution in [0.2, 0.25) is 0 Å². The van der Waals surface area contributed by atoms with E-state index in [-0.39, 0.29) is 0 Å². The summed E-state index contributed by atoms with van der Waals surface area (Å²) in [6.07, 6.45) is 6.71. The largest absolute Gasteiger partial charge is 0.379 e. The molecule has 1 aliphatic heterocycles. The average Bonchev–Trinajstić information content (AvgIpc) is 3.01. The highest BCUT2D eigenvalue weighted by Crippen LogP contribution is 2.35. The van der Waals surface area contributed by atoms with Crippen molar-refractivity contribution in [2.45, 2.75) is 43.3 Å². The molecule has 130 valence electrons. The van der Waals surface area contributed by atoms with Crippen molar-refractivity contribution in [2.24, 2.45) is 0 Å². The minimum atomic E-state index is 0.636. The van der Waals surface area contributed by atoms with E-state index in [1.54, 1.807) is 0 Å². The van der Waals surface area contributed by atoms with E-state index in [4.69, 9.17) is 9.72 Å². The summed E-state index contributed by atoms with van der Waals surface area (Å²) >= 11 is 1.93. The van der Waals surface area contributed by atoms with Crippen LogP contribution in [0.25, 0.3) is 11.0 Å². The standard InChI is InChI=1S/C19H27N3OS/c1-2-6-16(7-3-1)22-18-9-5-4-8-17(18)20-19(22)24-15-12-21-10-13-23-14-11-21/h4-5,8-9,16H,1-3,6-7,10-15H2. The maximum atomic E-state index is 5.44. The minimum absolute atomic E-state index is 0.636. The van der Waals surface area contributed by atoms with Crippen LogP contribution in [-0.2, 0) is 4.74 Å². The molecule has 0 spiro atoms. The van der Waals surface area contributed by atoms with Gasteiger partial charge >= 0.3 is 0 Å². The summed E-state index contributed by atoms with van der Waals surface area (Å²) < 4.78 is 7.98. The van der Waals surface area contributed by atoms with Gasteiger partial charge in [-0.25, -0.2) is 4.98 Å². The number of para-hydroxylation sites is 2. The number of hydrogen-bond acceptors (Lipinski definition) is 4. The van der Waals surface area contributed by atoms with E-state index < -0.39 is 0 Å². The van der Waals surface area contributed by atoms with Crippen molar-refractivity contribution >= 4 is 22.8 Å². The Hall–Kier alpha value is -1.04. The van der Waals surface area contributed by atoms with Crippen LogP contribution in [0.1, 0.15) is 38.1 Å². The monoisotopic (exact) mass is 345 g/mol. The Morgan fingerprint density at radius 3 is 2.71 bits per heavy atom. The number of nitrogens with zero attached hydrogens (tertiary/aromatic N) is 3. The highest BCUT2D eigenvalue weighted by Gasteiger charge is 2.21. The summed E-state index contributed by atoms with van der Waals surface area (Å²) in [5.74, 6) is 1.11. The van der Waals surface area contributed by atoms with E-state index in [1.807, 2.05) is 11.8 Å². The molecule has 2 heterocycles. The van der Waals surface area contributed by atoms with Crippen molar-refractivity contribution in [3.63, 3.8) is 0 Å². The molecule has 1 saturated carbocycles. The SMILES string of the molecule is c1ccc2c(c1)nc(SCCN1CCOCC1)n2C1CCCCC1. The molecule has 1 aromatic heterocycles. The van der Waals surface area contributed by atoms with Crippen LogP contribution in [-0.4, -0.2) is 53.1 Å². The van der Waals surface area contributed by atoms with Crippen LogP contribution in [0, 0.1) is 0 Å². The Kier molecular flexibility index (Phi) is 5.40. The van der Waals surface area contributed by atoms with Crippen molar-refractivity contribution in [3.8, 4) is 0 Å². The Labute approximate surface area is 148 Å². The quantitative estimate of drug-likeness (QED) is 0.767. The van der Waals surface area contributed by atoms with Gasteiger partial charge in [0.2, 0.25) is 0 Å². The van der Waals surface area contributed by atoms with Crippen molar-refractivity contribution in [2.75, 3.05) is 38.6 Å². The summed E-state index contributed by atoms with van der Waals surface area (Å²) in [4.78, 5) is 7.46. The Morgan fingerprint density at radius 2 is 1.88 bits per heavy atom. The lowest BCUT2D eigenvalue weighted by Crippen LogP contribution is -2.37. The second kappa shape index (κ2) is 7.89. The molecular formula is C19H27N3OS. The summed E-state index contributed by atoms with van der Waals surface area (Å²) in [5.41, 5.74) is 2.47. The summed E-state index contributed by atoms with van der Waals surface area (Å²) in [6.45, 7) is 5.03. The van der Waals surface area contributed by atoms with Gasteiger partial charge in [-0.3, -0.25) is 4.90 Å². The predicted molar refractivity (Wildman–Crippen MR) is 99.8 cm³/mol. The zero-order valence-electron chi connectivity index (χ0n) is 14.3. The molecule has 2 aromatic rings. The molecule has 4 rings (SSSR count). The molecular weight excluding hydrogens is 318 g/mol. The Bertz CT molecular complexity index is 660. The first kappa shape index (κ1) is 16.4. The number of hydrogen-bond donors (Lipinski definition) is 0. The molecule has 4 nitrogen and oxygen atoms in total.